The number of anilines is 1. The van der Waals surface area contributed by atoms with E-state index in [1.54, 1.807) is 6.07 Å². The number of aromatic amines is 2. The van der Waals surface area contributed by atoms with E-state index in [-0.39, 0.29) is 5.69 Å². The number of amides is 1. The van der Waals surface area contributed by atoms with Gasteiger partial charge in [-0.2, -0.15) is 17.7 Å². The van der Waals surface area contributed by atoms with Crippen LogP contribution in [0.1, 0.15) is 21.6 Å². The predicted molar refractivity (Wildman–Crippen MR) is 87.8 cm³/mol. The fourth-order valence-electron chi connectivity index (χ4n) is 2.44. The van der Waals surface area contributed by atoms with Gasteiger partial charge in [-0.15, -0.1) is 0 Å². The van der Waals surface area contributed by atoms with Crippen molar-refractivity contribution in [2.75, 3.05) is 5.32 Å². The molecule has 0 saturated carbocycles. The molecular formula is C15H10ClF3N4O3. The molecule has 0 saturated heterocycles. The van der Waals surface area contributed by atoms with E-state index in [0.29, 0.717) is 9.54 Å². The van der Waals surface area contributed by atoms with E-state index in [9.17, 15) is 27.6 Å². The van der Waals surface area contributed by atoms with Crippen molar-refractivity contribution in [2.45, 2.75) is 13.1 Å². The monoisotopic (exact) mass is 386 g/mol. The Morgan fingerprint density at radius 3 is 2.58 bits per heavy atom. The van der Waals surface area contributed by atoms with Crippen LogP contribution in [-0.2, 0) is 6.18 Å². The molecule has 1 aromatic carbocycles. The summed E-state index contributed by atoms with van der Waals surface area (Å²) in [5, 5.41) is 4.71. The summed E-state index contributed by atoms with van der Waals surface area (Å²) < 4.78 is 39.9. The number of H-pyrrole nitrogens is 2. The predicted octanol–water partition coefficient (Wildman–Crippen LogP) is 2.55. The molecule has 2 aromatic heterocycles. The van der Waals surface area contributed by atoms with Crippen molar-refractivity contribution in [3.05, 3.63) is 66.8 Å². The lowest BCUT2D eigenvalue weighted by atomic mass is 10.2. The van der Waals surface area contributed by atoms with Gasteiger partial charge in [0.2, 0.25) is 0 Å². The van der Waals surface area contributed by atoms with Crippen molar-refractivity contribution >= 4 is 28.8 Å². The molecule has 0 aliphatic rings. The van der Waals surface area contributed by atoms with Crippen LogP contribution in [0, 0.1) is 6.92 Å². The van der Waals surface area contributed by atoms with Gasteiger partial charge in [-0.25, -0.2) is 0 Å². The Kier molecular flexibility index (Phi) is 4.15. The van der Waals surface area contributed by atoms with Crippen LogP contribution in [0.3, 0.4) is 0 Å². The minimum Gasteiger partial charge on any atom is -0.335 e. The number of hydrogen-bond donors (Lipinski definition) is 3. The van der Waals surface area contributed by atoms with E-state index in [4.69, 9.17) is 11.6 Å². The van der Waals surface area contributed by atoms with Gasteiger partial charge in [-0.05, 0) is 25.1 Å². The molecule has 0 spiro atoms. The third-order valence-electron chi connectivity index (χ3n) is 3.64. The van der Waals surface area contributed by atoms with E-state index >= 15 is 0 Å². The number of nitrogens with one attached hydrogen (secondary N) is 3. The first-order chi connectivity index (χ1) is 12.1. The molecule has 1 amide bonds. The Morgan fingerprint density at radius 2 is 1.96 bits per heavy atom. The Balaban J connectivity index is 2.18. The molecule has 3 rings (SSSR count). The Bertz CT molecular complexity index is 1140. The van der Waals surface area contributed by atoms with Crippen LogP contribution in [0.25, 0.3) is 5.65 Å². The lowest BCUT2D eigenvalue weighted by molar-refractivity contribution is -0.141. The largest absolute Gasteiger partial charge is 0.431 e. The van der Waals surface area contributed by atoms with Crippen molar-refractivity contribution in [3.8, 4) is 0 Å². The molecule has 0 unspecified atom stereocenters. The van der Waals surface area contributed by atoms with Crippen LogP contribution in [0.15, 0.2) is 33.9 Å². The Labute approximate surface area is 147 Å². The molecule has 3 aromatic rings. The summed E-state index contributed by atoms with van der Waals surface area (Å²) in [5.74, 6) is -0.997. The molecule has 0 atom stereocenters. The van der Waals surface area contributed by atoms with Crippen LogP contribution >= 0.6 is 11.6 Å². The highest BCUT2D eigenvalue weighted by Gasteiger charge is 2.36. The van der Waals surface area contributed by atoms with E-state index in [1.165, 1.54) is 18.2 Å². The molecule has 7 nitrogen and oxygen atoms in total. The topological polar surface area (TPSA) is 99.2 Å². The number of nitrogens with zero attached hydrogens (tertiary/aromatic N) is 1. The third-order valence-corrected chi connectivity index (χ3v) is 3.87. The molecule has 11 heteroatoms. The molecule has 0 bridgehead atoms. The van der Waals surface area contributed by atoms with Gasteiger partial charge in [-0.1, -0.05) is 17.7 Å². The Hall–Kier alpha value is -3.01. The molecule has 26 heavy (non-hydrogen) atoms. The number of carbonyl (C=O) groups excluding carboxylic acids is 1. The van der Waals surface area contributed by atoms with Crippen molar-refractivity contribution in [2.24, 2.45) is 0 Å². The number of rotatable bonds is 2. The summed E-state index contributed by atoms with van der Waals surface area (Å²) in [6.07, 6.45) is -4.86. The van der Waals surface area contributed by atoms with Gasteiger partial charge in [0.15, 0.2) is 5.65 Å². The van der Waals surface area contributed by atoms with Crippen LogP contribution in [0.2, 0.25) is 5.02 Å². The highest BCUT2D eigenvalue weighted by atomic mass is 35.5. The average molecular weight is 387 g/mol. The normalized spacial score (nSPS) is 11.7. The van der Waals surface area contributed by atoms with Crippen LogP contribution in [0.4, 0.5) is 18.9 Å². The second-order valence-electron chi connectivity index (χ2n) is 5.39. The van der Waals surface area contributed by atoms with Crippen molar-refractivity contribution in [1.29, 1.82) is 0 Å². The first-order valence-corrected chi connectivity index (χ1v) is 7.49. The van der Waals surface area contributed by atoms with Gasteiger partial charge < -0.3 is 10.3 Å². The zero-order valence-corrected chi connectivity index (χ0v) is 13.7. The second-order valence-corrected chi connectivity index (χ2v) is 5.83. The smallest absolute Gasteiger partial charge is 0.335 e. The van der Waals surface area contributed by atoms with Gasteiger partial charge in [0.05, 0.1) is 0 Å². The number of aromatic nitrogens is 3. The standard InChI is InChI=1S/C15H10ClF3N4O3/c1-6-10(15(17,18)19)21-11-9(13(25)22-23(11)14(6)26)12(24)20-8-4-2-3-7(16)5-8/h2-5,21H,1H3,(H,20,24)(H,22,25). The Morgan fingerprint density at radius 1 is 1.27 bits per heavy atom. The summed E-state index contributed by atoms with van der Waals surface area (Å²) in [6.45, 7) is 0.963. The summed E-state index contributed by atoms with van der Waals surface area (Å²) in [7, 11) is 0. The summed E-state index contributed by atoms with van der Waals surface area (Å²) in [6, 6.07) is 5.95. The van der Waals surface area contributed by atoms with E-state index < -0.39 is 45.7 Å². The molecule has 2 heterocycles. The molecular weight excluding hydrogens is 377 g/mol. The summed E-state index contributed by atoms with van der Waals surface area (Å²) >= 11 is 5.79. The van der Waals surface area contributed by atoms with Crippen LogP contribution in [0.5, 0.6) is 0 Å². The lowest BCUT2D eigenvalue weighted by Gasteiger charge is -2.11. The summed E-state index contributed by atoms with van der Waals surface area (Å²) in [5.41, 5.74) is -5.10. The van der Waals surface area contributed by atoms with Crippen LogP contribution in [-0.4, -0.2) is 20.5 Å². The maximum Gasteiger partial charge on any atom is 0.431 e. The van der Waals surface area contributed by atoms with Crippen molar-refractivity contribution in [1.82, 2.24) is 14.6 Å². The number of fused-ring (bicyclic) bond motifs is 1. The number of alkyl halides is 3. The van der Waals surface area contributed by atoms with E-state index in [2.05, 4.69) is 10.4 Å². The van der Waals surface area contributed by atoms with Crippen molar-refractivity contribution < 1.29 is 18.0 Å². The highest BCUT2D eigenvalue weighted by Crippen LogP contribution is 2.29. The zero-order valence-electron chi connectivity index (χ0n) is 13.0. The van der Waals surface area contributed by atoms with E-state index in [1.807, 2.05) is 4.98 Å². The van der Waals surface area contributed by atoms with Crippen LogP contribution < -0.4 is 16.4 Å². The fraction of sp³-hybridized carbons (Fsp3) is 0.133. The van der Waals surface area contributed by atoms with E-state index in [0.717, 1.165) is 6.92 Å². The SMILES string of the molecule is Cc1c(C(F)(F)F)[nH]c2c(C(=O)Nc3cccc(Cl)c3)c(=O)[nH]n2c1=O. The minimum atomic E-state index is -4.86. The molecule has 136 valence electrons. The van der Waals surface area contributed by atoms with Gasteiger partial charge >= 0.3 is 6.18 Å². The first-order valence-electron chi connectivity index (χ1n) is 7.11. The maximum atomic E-state index is 13.1. The average Bonchev–Trinajstić information content (AvgIpc) is 2.86. The zero-order chi connectivity index (χ0) is 19.2. The number of halogens is 4. The third kappa shape index (κ3) is 2.99. The van der Waals surface area contributed by atoms with Gasteiger partial charge in [0.25, 0.3) is 17.0 Å². The molecule has 0 aliphatic carbocycles. The number of hydrogen-bond acceptors (Lipinski definition) is 3. The quantitative estimate of drug-likeness (QED) is 0.631. The van der Waals surface area contributed by atoms with Gasteiger partial charge in [0.1, 0.15) is 11.3 Å². The molecule has 0 radical (unpaired) electrons. The van der Waals surface area contributed by atoms with Crippen molar-refractivity contribution in [3.63, 3.8) is 0 Å². The molecule has 0 fully saturated rings. The molecule has 0 aliphatic heterocycles. The lowest BCUT2D eigenvalue weighted by Crippen LogP contribution is -2.25. The fourth-order valence-corrected chi connectivity index (χ4v) is 2.63. The molecule has 3 N–H and O–H groups in total. The highest BCUT2D eigenvalue weighted by molar-refractivity contribution is 6.31. The summed E-state index contributed by atoms with van der Waals surface area (Å²) in [4.78, 5) is 38.5. The maximum absolute atomic E-state index is 13.1. The van der Waals surface area contributed by atoms with Gasteiger partial charge in [0, 0.05) is 16.3 Å². The minimum absolute atomic E-state index is 0.228. The van der Waals surface area contributed by atoms with Gasteiger partial charge in [-0.3, -0.25) is 19.5 Å². The number of benzene rings is 1. The first kappa shape index (κ1) is 17.8. The number of carbonyl (C=O) groups is 1. The second kappa shape index (κ2) is 6.06.